The first-order valence-electron chi connectivity index (χ1n) is 11.4. The van der Waals surface area contributed by atoms with E-state index in [1.807, 2.05) is 36.4 Å². The molecule has 0 saturated carbocycles. The highest BCUT2D eigenvalue weighted by atomic mass is 32.1. The summed E-state index contributed by atoms with van der Waals surface area (Å²) in [6.07, 6.45) is 0. The second-order valence-electron chi connectivity index (χ2n) is 8.24. The van der Waals surface area contributed by atoms with Crippen molar-refractivity contribution in [2.24, 2.45) is 0 Å². The molecule has 0 saturated heterocycles. The third-order valence-corrected chi connectivity index (χ3v) is 6.32. The van der Waals surface area contributed by atoms with E-state index in [4.69, 9.17) is 12.2 Å². The summed E-state index contributed by atoms with van der Waals surface area (Å²) in [6.45, 7) is 12.6. The number of fused-ring (bicyclic) bond motifs is 1. The number of thiocarbonyl (C=S) groups is 1. The molecule has 0 unspecified atom stereocenters. The maximum atomic E-state index is 12.8. The molecule has 0 radical (unpaired) electrons. The molecular formula is C26H34N4OS. The van der Waals surface area contributed by atoms with E-state index in [0.717, 1.165) is 42.6 Å². The smallest absolute Gasteiger partial charge is 0.253 e. The number of H-pyrrole nitrogens is 1. The molecular weight excluding hydrogens is 416 g/mol. The van der Waals surface area contributed by atoms with Gasteiger partial charge in [0.15, 0.2) is 5.11 Å². The SMILES string of the molecule is CCN(CC)CCN(Cc1cc2cc(C)ccc2[nH]c1=O)C(=S)N[C@H](C)c1ccccc1. The Morgan fingerprint density at radius 1 is 1.06 bits per heavy atom. The molecule has 170 valence electrons. The number of hydrogen-bond donors (Lipinski definition) is 2. The normalized spacial score (nSPS) is 12.2. The van der Waals surface area contributed by atoms with Crippen molar-refractivity contribution in [1.82, 2.24) is 20.1 Å². The van der Waals surface area contributed by atoms with Crippen molar-refractivity contribution in [2.75, 3.05) is 26.2 Å². The lowest BCUT2D eigenvalue weighted by molar-refractivity contribution is 0.262. The van der Waals surface area contributed by atoms with Crippen LogP contribution in [0.3, 0.4) is 0 Å². The molecule has 1 heterocycles. The number of likely N-dealkylation sites (N-methyl/N-ethyl adjacent to an activating group) is 1. The maximum absolute atomic E-state index is 12.8. The molecule has 2 N–H and O–H groups in total. The van der Waals surface area contributed by atoms with Crippen molar-refractivity contribution < 1.29 is 0 Å². The molecule has 0 aliphatic rings. The van der Waals surface area contributed by atoms with Gasteiger partial charge in [-0.1, -0.05) is 55.8 Å². The van der Waals surface area contributed by atoms with Crippen LogP contribution in [0.25, 0.3) is 10.9 Å². The number of rotatable bonds is 9. The summed E-state index contributed by atoms with van der Waals surface area (Å²) in [5.74, 6) is 0. The van der Waals surface area contributed by atoms with Gasteiger partial charge in [-0.3, -0.25) is 4.79 Å². The number of nitrogens with one attached hydrogen (secondary N) is 2. The summed E-state index contributed by atoms with van der Waals surface area (Å²) in [7, 11) is 0. The first-order chi connectivity index (χ1) is 15.4. The highest BCUT2D eigenvalue weighted by Gasteiger charge is 2.17. The number of nitrogens with zero attached hydrogens (tertiary/aromatic N) is 2. The Labute approximate surface area is 196 Å². The number of aromatic amines is 1. The molecule has 0 aliphatic heterocycles. The number of benzene rings is 2. The summed E-state index contributed by atoms with van der Waals surface area (Å²) in [6, 6.07) is 18.4. The zero-order chi connectivity index (χ0) is 23.1. The first-order valence-corrected chi connectivity index (χ1v) is 11.8. The molecule has 0 bridgehead atoms. The number of aromatic nitrogens is 1. The van der Waals surface area contributed by atoms with Crippen LogP contribution in [0.5, 0.6) is 0 Å². The number of aryl methyl sites for hydroxylation is 1. The van der Waals surface area contributed by atoms with Crippen LogP contribution in [0, 0.1) is 6.92 Å². The van der Waals surface area contributed by atoms with Crippen molar-refractivity contribution in [3.05, 3.63) is 81.6 Å². The van der Waals surface area contributed by atoms with E-state index in [1.165, 1.54) is 11.1 Å². The summed E-state index contributed by atoms with van der Waals surface area (Å²) >= 11 is 5.82. The molecule has 1 atom stereocenters. The molecule has 0 aliphatic carbocycles. The highest BCUT2D eigenvalue weighted by molar-refractivity contribution is 7.80. The molecule has 0 fully saturated rings. The fourth-order valence-electron chi connectivity index (χ4n) is 3.85. The quantitative estimate of drug-likeness (QED) is 0.466. The van der Waals surface area contributed by atoms with Crippen LogP contribution in [-0.2, 0) is 6.54 Å². The number of pyridine rings is 1. The maximum Gasteiger partial charge on any atom is 0.253 e. The average molecular weight is 451 g/mol. The second kappa shape index (κ2) is 11.2. The fourth-order valence-corrected chi connectivity index (χ4v) is 4.18. The van der Waals surface area contributed by atoms with Crippen LogP contribution < -0.4 is 10.9 Å². The predicted molar refractivity (Wildman–Crippen MR) is 138 cm³/mol. The minimum atomic E-state index is -0.0619. The minimum Gasteiger partial charge on any atom is -0.356 e. The molecule has 2 aromatic carbocycles. The van der Waals surface area contributed by atoms with Crippen LogP contribution in [-0.4, -0.2) is 46.1 Å². The Morgan fingerprint density at radius 2 is 1.78 bits per heavy atom. The van der Waals surface area contributed by atoms with E-state index < -0.39 is 0 Å². The Hall–Kier alpha value is -2.70. The van der Waals surface area contributed by atoms with Crippen molar-refractivity contribution in [1.29, 1.82) is 0 Å². The minimum absolute atomic E-state index is 0.0619. The van der Waals surface area contributed by atoms with E-state index in [1.54, 1.807) is 0 Å². The lowest BCUT2D eigenvalue weighted by atomic mass is 10.1. The third kappa shape index (κ3) is 6.17. The summed E-state index contributed by atoms with van der Waals surface area (Å²) < 4.78 is 0. The molecule has 32 heavy (non-hydrogen) atoms. The van der Waals surface area contributed by atoms with Gasteiger partial charge in [0.25, 0.3) is 5.56 Å². The fraction of sp³-hybridized carbons (Fsp3) is 0.385. The monoisotopic (exact) mass is 450 g/mol. The molecule has 1 aromatic heterocycles. The first kappa shape index (κ1) is 24.0. The number of hydrogen-bond acceptors (Lipinski definition) is 3. The highest BCUT2D eigenvalue weighted by Crippen LogP contribution is 2.16. The van der Waals surface area contributed by atoms with Gasteiger partial charge >= 0.3 is 0 Å². The zero-order valence-corrected chi connectivity index (χ0v) is 20.3. The summed E-state index contributed by atoms with van der Waals surface area (Å²) in [4.78, 5) is 20.3. The van der Waals surface area contributed by atoms with Crippen molar-refractivity contribution in [3.63, 3.8) is 0 Å². The lowest BCUT2D eigenvalue weighted by Gasteiger charge is -2.30. The second-order valence-corrected chi connectivity index (χ2v) is 8.63. The van der Waals surface area contributed by atoms with Gasteiger partial charge in [0.2, 0.25) is 0 Å². The van der Waals surface area contributed by atoms with Crippen molar-refractivity contribution in [3.8, 4) is 0 Å². The van der Waals surface area contributed by atoms with Crippen molar-refractivity contribution >= 4 is 28.2 Å². The van der Waals surface area contributed by atoms with Crippen LogP contribution in [0.15, 0.2) is 59.4 Å². The van der Waals surface area contributed by atoms with Crippen LogP contribution >= 0.6 is 12.2 Å². The summed E-state index contributed by atoms with van der Waals surface area (Å²) in [5, 5.41) is 5.17. The largest absolute Gasteiger partial charge is 0.356 e. The van der Waals surface area contributed by atoms with Gasteiger partial charge in [-0.15, -0.1) is 0 Å². The Kier molecular flexibility index (Phi) is 8.42. The standard InChI is InChI=1S/C26H34N4OS/c1-5-29(6-2)14-15-30(26(32)27-20(4)21-10-8-7-9-11-21)18-23-17-22-16-19(3)12-13-24(22)28-25(23)31/h7-13,16-17,20H,5-6,14-15,18H2,1-4H3,(H,27,32)(H,28,31)/t20-/m1/s1. The molecule has 0 amide bonds. The van der Waals surface area contributed by atoms with Crippen molar-refractivity contribution in [2.45, 2.75) is 40.3 Å². The third-order valence-electron chi connectivity index (χ3n) is 5.95. The van der Waals surface area contributed by atoms with Gasteiger partial charge in [0, 0.05) is 24.2 Å². The molecule has 0 spiro atoms. The zero-order valence-electron chi connectivity index (χ0n) is 19.5. The molecule has 5 nitrogen and oxygen atoms in total. The average Bonchev–Trinajstić information content (AvgIpc) is 2.79. The van der Waals surface area contributed by atoms with E-state index >= 15 is 0 Å². The summed E-state index contributed by atoms with van der Waals surface area (Å²) in [5.41, 5.74) is 3.87. The Bertz CT molecular complexity index is 1090. The van der Waals surface area contributed by atoms with E-state index in [2.05, 4.69) is 66.0 Å². The van der Waals surface area contributed by atoms with Gasteiger partial charge in [0.1, 0.15) is 0 Å². The Balaban J connectivity index is 1.83. The van der Waals surface area contributed by atoms with Gasteiger partial charge in [-0.05, 0) is 68.3 Å². The van der Waals surface area contributed by atoms with Gasteiger partial charge in [0.05, 0.1) is 12.6 Å². The van der Waals surface area contributed by atoms with E-state index in [9.17, 15) is 4.79 Å². The van der Waals surface area contributed by atoms with E-state index in [0.29, 0.717) is 11.7 Å². The van der Waals surface area contributed by atoms with Crippen LogP contribution in [0.4, 0.5) is 0 Å². The van der Waals surface area contributed by atoms with Gasteiger partial charge < -0.3 is 20.1 Å². The predicted octanol–water partition coefficient (Wildman–Crippen LogP) is 4.62. The molecule has 3 aromatic rings. The van der Waals surface area contributed by atoms with Gasteiger partial charge in [-0.25, -0.2) is 0 Å². The molecule has 6 heteroatoms. The van der Waals surface area contributed by atoms with E-state index in [-0.39, 0.29) is 11.6 Å². The lowest BCUT2D eigenvalue weighted by Crippen LogP contribution is -2.44. The van der Waals surface area contributed by atoms with Crippen LogP contribution in [0.2, 0.25) is 0 Å². The Morgan fingerprint density at radius 3 is 2.47 bits per heavy atom. The molecule has 3 rings (SSSR count). The van der Waals surface area contributed by atoms with Gasteiger partial charge in [-0.2, -0.15) is 0 Å². The topological polar surface area (TPSA) is 51.4 Å². The van der Waals surface area contributed by atoms with Crippen LogP contribution in [0.1, 0.15) is 43.5 Å².